The van der Waals surface area contributed by atoms with E-state index in [1.807, 2.05) is 0 Å². The molecule has 16 heteroatoms. The molecule has 0 aromatic rings. The number of rotatable bonds is 0. The molecule has 14 nitrogen and oxygen atoms in total. The summed E-state index contributed by atoms with van der Waals surface area (Å²) >= 11 is 0. The fourth-order valence-electron chi connectivity index (χ4n) is 0. The number of hydrogen-bond donors (Lipinski definition) is 0. The van der Waals surface area contributed by atoms with Gasteiger partial charge < -0.3 is 63.9 Å². The maximum absolute atomic E-state index is 8.52. The van der Waals surface area contributed by atoms with Crippen LogP contribution < -0.4 is 29.6 Å². The van der Waals surface area contributed by atoms with Gasteiger partial charge in [0.1, 0.15) is 0 Å². The second-order valence-electron chi connectivity index (χ2n) is 0.408. The minimum Gasteiger partial charge on any atom is -0.759 e. The Kier molecular flexibility index (Phi) is 954. The van der Waals surface area contributed by atoms with Crippen molar-refractivity contribution in [1.82, 2.24) is 0 Å². The first kappa shape index (κ1) is 197. The Bertz CT molecular complexity index is 99.4. The van der Waals surface area contributed by atoms with Crippen molar-refractivity contribution in [1.29, 1.82) is 0 Å². The van der Waals surface area contributed by atoms with Crippen LogP contribution in [0.3, 0.4) is 0 Å². The monoisotopic (exact) mass is 300 g/mol. The van der Waals surface area contributed by atoms with Crippen LogP contribution in [0.1, 0.15) is 1.43 Å². The second kappa shape index (κ2) is 77.4. The summed E-state index contributed by atoms with van der Waals surface area (Å²) in [6, 6.07) is 0. The molecule has 112 valence electrons. The third-order valence-electron chi connectivity index (χ3n) is 0. The van der Waals surface area contributed by atoms with Crippen molar-refractivity contribution in [2.75, 3.05) is 0 Å². The van der Waals surface area contributed by atoms with Crippen LogP contribution in [-0.2, 0) is 10.4 Å². The molecule has 0 saturated carbocycles. The molecule has 0 fully saturated rings. The summed E-state index contributed by atoms with van der Waals surface area (Å²) in [6.07, 6.45) is 0. The summed E-state index contributed by atoms with van der Waals surface area (Å²) in [4.78, 5) is 0. The number of hydrogen-bond acceptors (Lipinski definition) is 4. The first-order valence-corrected chi connectivity index (χ1v) is 2.00. The summed E-state index contributed by atoms with van der Waals surface area (Å²) in [5.41, 5.74) is 0. The topological polar surface area (TPSA) is 395 Å². The van der Waals surface area contributed by atoms with Gasteiger partial charge in [0.15, 0.2) is 0 Å². The molecule has 0 spiro atoms. The van der Waals surface area contributed by atoms with Gasteiger partial charge in [-0.2, -0.15) is 0 Å². The molecule has 20 N–H and O–H groups in total. The summed E-state index contributed by atoms with van der Waals surface area (Å²) in [5.74, 6) is 0. The Hall–Kier alpha value is 0.470. The van der Waals surface area contributed by atoms with Crippen molar-refractivity contribution < 1.29 is 103 Å². The van der Waals surface area contributed by atoms with Crippen LogP contribution in [0.5, 0.6) is 0 Å². The van der Waals surface area contributed by atoms with Crippen molar-refractivity contribution >= 4 is 10.4 Å². The van der Waals surface area contributed by atoms with Crippen molar-refractivity contribution in [3.05, 3.63) is 0 Å². The van der Waals surface area contributed by atoms with E-state index < -0.39 is 10.4 Å². The SMILES string of the molecule is O.O.O.O.O.O.O.O.O.O.O=S(=O)([O-])[O-].[H+].[Na+]. The molecular formula is H21NaO14S. The van der Waals surface area contributed by atoms with Gasteiger partial charge in [-0.1, -0.05) is 0 Å². The summed E-state index contributed by atoms with van der Waals surface area (Å²) in [7, 11) is -5.17. The zero-order chi connectivity index (χ0) is 4.50. The smallest absolute Gasteiger partial charge is 0.759 e. The predicted octanol–water partition coefficient (Wildman–Crippen LogP) is -12.5. The fourth-order valence-corrected chi connectivity index (χ4v) is 0. The molecule has 0 aliphatic carbocycles. The van der Waals surface area contributed by atoms with Gasteiger partial charge in [-0.15, -0.1) is 0 Å². The van der Waals surface area contributed by atoms with Crippen molar-refractivity contribution in [2.45, 2.75) is 0 Å². The van der Waals surface area contributed by atoms with E-state index in [1.165, 1.54) is 0 Å². The average Bonchev–Trinajstić information content (AvgIpc) is 0.722. The third-order valence-corrected chi connectivity index (χ3v) is 0. The van der Waals surface area contributed by atoms with Crippen molar-refractivity contribution in [3.8, 4) is 0 Å². The molecule has 0 aromatic carbocycles. The van der Waals surface area contributed by atoms with Gasteiger partial charge in [0.2, 0.25) is 0 Å². The molecule has 16 heavy (non-hydrogen) atoms. The van der Waals surface area contributed by atoms with E-state index in [2.05, 4.69) is 0 Å². The molecule has 0 aliphatic heterocycles. The molecular weight excluding hydrogens is 279 g/mol. The Morgan fingerprint density at radius 3 is 0.562 bits per heavy atom. The van der Waals surface area contributed by atoms with Crippen molar-refractivity contribution in [2.24, 2.45) is 0 Å². The maximum Gasteiger partial charge on any atom is 1.00 e. The van der Waals surface area contributed by atoms with Crippen LogP contribution in [0.4, 0.5) is 0 Å². The Labute approximate surface area is 114 Å². The third kappa shape index (κ3) is 11900. The fraction of sp³-hybridized carbons (Fsp3) is 0. The van der Waals surface area contributed by atoms with Gasteiger partial charge >= 0.3 is 31.0 Å². The van der Waals surface area contributed by atoms with Gasteiger partial charge in [0.05, 0.1) is 0 Å². The molecule has 0 bridgehead atoms. The van der Waals surface area contributed by atoms with Crippen LogP contribution in [0.25, 0.3) is 0 Å². The van der Waals surface area contributed by atoms with Crippen LogP contribution >= 0.6 is 0 Å². The van der Waals surface area contributed by atoms with Crippen LogP contribution in [0.2, 0.25) is 0 Å². The van der Waals surface area contributed by atoms with Crippen LogP contribution in [-0.4, -0.2) is 72.3 Å². The summed E-state index contributed by atoms with van der Waals surface area (Å²) < 4.78 is 34.1. The second-order valence-corrected chi connectivity index (χ2v) is 1.22. The molecule has 0 radical (unpaired) electrons. The zero-order valence-corrected chi connectivity index (χ0v) is 10.9. The van der Waals surface area contributed by atoms with E-state index in [9.17, 15) is 0 Å². The standard InChI is InChI=1S/Na.H2O4S.10H2O/c;1-5(2,3)4;;;;;;;;;;/h;(H2,1,2,3,4);10*1H2/q+1;;;;;;;;;;;/p-1. The molecule has 0 rings (SSSR count). The van der Waals surface area contributed by atoms with E-state index >= 15 is 0 Å². The van der Waals surface area contributed by atoms with Crippen LogP contribution in [0.15, 0.2) is 0 Å². The molecule has 0 aliphatic rings. The average molecular weight is 300 g/mol. The molecule has 0 aromatic heterocycles. The van der Waals surface area contributed by atoms with E-state index in [0.717, 1.165) is 0 Å². The molecule has 0 unspecified atom stereocenters. The zero-order valence-electron chi connectivity index (χ0n) is 9.04. The minimum absolute atomic E-state index is 0. The summed E-state index contributed by atoms with van der Waals surface area (Å²) in [6.45, 7) is 0. The van der Waals surface area contributed by atoms with E-state index in [-0.39, 0.29) is 85.7 Å². The van der Waals surface area contributed by atoms with Gasteiger partial charge in [0.25, 0.3) is 0 Å². The molecule has 0 heterocycles. The quantitative estimate of drug-likeness (QED) is 0.238. The normalized spacial score (nSPS) is 3.62. The summed E-state index contributed by atoms with van der Waals surface area (Å²) in [5, 5.41) is 0. The van der Waals surface area contributed by atoms with Gasteiger partial charge in [-0.3, -0.25) is 8.42 Å². The Morgan fingerprint density at radius 1 is 0.562 bits per heavy atom. The van der Waals surface area contributed by atoms with E-state index in [4.69, 9.17) is 17.5 Å². The molecule has 0 atom stereocenters. The Balaban J connectivity index is -0.00000000121. The van der Waals surface area contributed by atoms with Gasteiger partial charge in [-0.05, 0) is 0 Å². The molecule has 0 saturated heterocycles. The van der Waals surface area contributed by atoms with Crippen molar-refractivity contribution in [3.63, 3.8) is 0 Å². The van der Waals surface area contributed by atoms with Gasteiger partial charge in [0, 0.05) is 10.4 Å². The van der Waals surface area contributed by atoms with E-state index in [1.54, 1.807) is 0 Å². The first-order chi connectivity index (χ1) is 2.00. The van der Waals surface area contributed by atoms with Gasteiger partial charge in [-0.25, -0.2) is 0 Å². The molecule has 0 amide bonds. The predicted molar refractivity (Wildman–Crippen MR) is 47.7 cm³/mol. The largest absolute Gasteiger partial charge is 1.00 e. The van der Waals surface area contributed by atoms with Crippen LogP contribution in [0, 0.1) is 0 Å². The Morgan fingerprint density at radius 2 is 0.562 bits per heavy atom. The van der Waals surface area contributed by atoms with E-state index in [0.29, 0.717) is 0 Å². The minimum atomic E-state index is -5.17. The first-order valence-electron chi connectivity index (χ1n) is 0.667. The maximum atomic E-state index is 8.52.